The van der Waals surface area contributed by atoms with E-state index in [-0.39, 0.29) is 35.5 Å². The summed E-state index contributed by atoms with van der Waals surface area (Å²) in [6.07, 6.45) is 1.42. The maximum absolute atomic E-state index is 14.9. The molecule has 0 bridgehead atoms. The lowest BCUT2D eigenvalue weighted by Gasteiger charge is -2.35. The van der Waals surface area contributed by atoms with Crippen molar-refractivity contribution in [3.05, 3.63) is 189 Å². The number of halogens is 2. The van der Waals surface area contributed by atoms with Crippen molar-refractivity contribution >= 4 is 69.6 Å². The van der Waals surface area contributed by atoms with E-state index < -0.39 is 10.8 Å². The molecule has 0 N–H and O–H groups in total. The number of carbonyl (C=O) groups is 4. The zero-order valence-corrected chi connectivity index (χ0v) is 39.3. The Balaban J connectivity index is 0.763. The number of rotatable bonds is 8. The molecule has 4 amide bonds. The van der Waals surface area contributed by atoms with Gasteiger partial charge in [-0.15, -0.1) is 0 Å². The molecule has 2 aliphatic carbocycles. The molecule has 68 heavy (non-hydrogen) atoms. The highest BCUT2D eigenvalue weighted by Crippen LogP contribution is 2.68. The summed E-state index contributed by atoms with van der Waals surface area (Å²) in [7, 11) is 2.07. The molecule has 6 aromatic rings. The molecule has 6 aliphatic rings. The van der Waals surface area contributed by atoms with Crippen LogP contribution in [0.4, 0.5) is 22.7 Å². The molecule has 4 fully saturated rings. The number of para-hydroxylation sites is 1. The minimum absolute atomic E-state index is 0.0114. The van der Waals surface area contributed by atoms with E-state index in [0.717, 1.165) is 58.7 Å². The molecule has 342 valence electrons. The van der Waals surface area contributed by atoms with Crippen molar-refractivity contribution in [2.24, 2.45) is 0 Å². The molecule has 2 spiro atoms. The Kier molecular flexibility index (Phi) is 10.4. The van der Waals surface area contributed by atoms with Crippen LogP contribution in [0.1, 0.15) is 73.2 Å². The van der Waals surface area contributed by atoms with Crippen LogP contribution >= 0.6 is 23.2 Å². The minimum Gasteiger partial charge on any atom is -0.336 e. The fourth-order valence-electron chi connectivity index (χ4n) is 11.7. The largest absolute Gasteiger partial charge is 0.336 e. The van der Waals surface area contributed by atoms with Gasteiger partial charge in [-0.1, -0.05) is 89.9 Å². The number of hydrogen-bond acceptors (Lipinski definition) is 6. The summed E-state index contributed by atoms with van der Waals surface area (Å²) in [4.78, 5) is 69.5. The number of nitrogens with zero attached hydrogens (tertiary/aromatic N) is 6. The molecule has 4 heterocycles. The molecule has 0 aromatic heterocycles. The van der Waals surface area contributed by atoms with Gasteiger partial charge in [0.05, 0.1) is 22.2 Å². The predicted molar refractivity (Wildman–Crippen MR) is 266 cm³/mol. The highest BCUT2D eigenvalue weighted by molar-refractivity contribution is 6.31. The maximum Gasteiger partial charge on any atom is 0.254 e. The lowest BCUT2D eigenvalue weighted by molar-refractivity contribution is -0.120. The van der Waals surface area contributed by atoms with Crippen LogP contribution in [0.5, 0.6) is 0 Å². The van der Waals surface area contributed by atoms with Crippen LogP contribution < -0.4 is 9.80 Å². The minimum atomic E-state index is -0.701. The molecule has 10 nitrogen and oxygen atoms in total. The number of hydrogen-bond donors (Lipinski definition) is 0. The van der Waals surface area contributed by atoms with Gasteiger partial charge in [-0.2, -0.15) is 0 Å². The fraction of sp³-hybridized carbons (Fsp3) is 0.286. The number of anilines is 4. The first-order valence-corrected chi connectivity index (χ1v) is 24.4. The number of benzene rings is 6. The zero-order valence-electron chi connectivity index (χ0n) is 37.8. The van der Waals surface area contributed by atoms with Gasteiger partial charge in [-0.25, -0.2) is 0 Å². The third-order valence-corrected chi connectivity index (χ3v) is 16.1. The van der Waals surface area contributed by atoms with Gasteiger partial charge in [0.15, 0.2) is 0 Å². The van der Waals surface area contributed by atoms with Gasteiger partial charge in [0, 0.05) is 103 Å². The topological polar surface area (TPSA) is 87.7 Å². The van der Waals surface area contributed by atoms with Crippen LogP contribution in [-0.2, 0) is 27.0 Å². The van der Waals surface area contributed by atoms with E-state index in [4.69, 9.17) is 23.2 Å². The molecule has 2 saturated heterocycles. The van der Waals surface area contributed by atoms with Crippen LogP contribution in [0.15, 0.2) is 140 Å². The maximum atomic E-state index is 14.9. The van der Waals surface area contributed by atoms with Crippen LogP contribution in [0, 0.1) is 0 Å². The summed E-state index contributed by atoms with van der Waals surface area (Å²) < 4.78 is 0. The Labute approximate surface area is 406 Å². The first-order chi connectivity index (χ1) is 33.0. The van der Waals surface area contributed by atoms with E-state index in [1.165, 1.54) is 0 Å². The Bertz CT molecular complexity index is 3040. The quantitative estimate of drug-likeness (QED) is 0.151. The summed E-state index contributed by atoms with van der Waals surface area (Å²) in [5, 5.41) is 1.33. The highest BCUT2D eigenvalue weighted by atomic mass is 35.5. The first-order valence-electron chi connectivity index (χ1n) is 23.7. The van der Waals surface area contributed by atoms with E-state index in [1.807, 2.05) is 130 Å². The van der Waals surface area contributed by atoms with Crippen molar-refractivity contribution in [3.8, 4) is 0 Å². The number of fused-ring (bicyclic) bond motifs is 4. The second-order valence-electron chi connectivity index (χ2n) is 19.5. The molecule has 6 aromatic carbocycles. The van der Waals surface area contributed by atoms with Crippen molar-refractivity contribution in [2.45, 2.75) is 42.1 Å². The summed E-state index contributed by atoms with van der Waals surface area (Å²) in [6.45, 7) is 6.09. The number of carbonyl (C=O) groups excluding carboxylic acids is 4. The molecular weight excluding hydrogens is 892 g/mol. The fourth-order valence-corrected chi connectivity index (χ4v) is 12.0. The Hall–Kier alpha value is -6.30. The third-order valence-electron chi connectivity index (χ3n) is 15.6. The Morgan fingerprint density at radius 3 is 1.56 bits per heavy atom. The Morgan fingerprint density at radius 1 is 0.529 bits per heavy atom. The predicted octanol–water partition coefficient (Wildman–Crippen LogP) is 9.55. The molecule has 0 radical (unpaired) electrons. The average Bonchev–Trinajstić information content (AvgIpc) is 4.27. The van der Waals surface area contributed by atoms with Gasteiger partial charge in [-0.05, 0) is 121 Å². The van der Waals surface area contributed by atoms with E-state index in [1.54, 1.807) is 4.90 Å². The van der Waals surface area contributed by atoms with Crippen molar-refractivity contribution in [2.75, 3.05) is 69.2 Å². The van der Waals surface area contributed by atoms with Gasteiger partial charge < -0.3 is 14.7 Å². The van der Waals surface area contributed by atoms with Gasteiger partial charge in [-0.3, -0.25) is 33.9 Å². The number of likely N-dealkylation sites (N-methyl/N-ethyl adjacent to an activating group) is 1. The molecular formula is C56H50Cl2N6O4. The summed E-state index contributed by atoms with van der Waals surface area (Å²) in [5.74, 6) is 0.0519. The van der Waals surface area contributed by atoms with E-state index in [2.05, 4.69) is 41.1 Å². The molecule has 2 saturated carbocycles. The third kappa shape index (κ3) is 6.98. The van der Waals surface area contributed by atoms with Gasteiger partial charge >= 0.3 is 0 Å². The normalized spacial score (nSPS) is 24.2. The summed E-state index contributed by atoms with van der Waals surface area (Å²) >= 11 is 12.5. The van der Waals surface area contributed by atoms with E-state index in [0.29, 0.717) is 84.8 Å². The molecule has 4 atom stereocenters. The van der Waals surface area contributed by atoms with Crippen LogP contribution in [0.2, 0.25) is 10.0 Å². The second-order valence-corrected chi connectivity index (χ2v) is 20.3. The van der Waals surface area contributed by atoms with E-state index in [9.17, 15) is 19.2 Å². The van der Waals surface area contributed by atoms with Gasteiger partial charge in [0.1, 0.15) is 0 Å². The Morgan fingerprint density at radius 2 is 1.01 bits per heavy atom. The summed E-state index contributed by atoms with van der Waals surface area (Å²) in [5.41, 5.74) is 8.18. The van der Waals surface area contributed by atoms with Crippen molar-refractivity contribution in [1.82, 2.24) is 19.6 Å². The van der Waals surface area contributed by atoms with Crippen LogP contribution in [-0.4, -0.2) is 103 Å². The molecule has 4 aliphatic heterocycles. The number of piperazine rings is 2. The summed E-state index contributed by atoms with van der Waals surface area (Å²) in [6, 6.07) is 45.1. The van der Waals surface area contributed by atoms with Crippen molar-refractivity contribution in [1.29, 1.82) is 0 Å². The molecule has 12 heteroatoms. The number of amides is 4. The SMILES string of the molecule is CN1CCN(C(=O)c2cccc(N3C(=O)C4(CC4c4ccc(Cl)cc4)c4ccc(CN5CCN(C(=O)c6cccc(N7C(=O)C8(CC8c8ccc(Cl)cc8)c8ccccc87)c6)CC5)cc43)c2)CC1. The highest BCUT2D eigenvalue weighted by Gasteiger charge is 2.68. The first kappa shape index (κ1) is 43.0. The molecule has 4 unspecified atom stereocenters. The van der Waals surface area contributed by atoms with Gasteiger partial charge in [0.2, 0.25) is 11.8 Å². The van der Waals surface area contributed by atoms with Crippen LogP contribution in [0.25, 0.3) is 0 Å². The van der Waals surface area contributed by atoms with Crippen molar-refractivity contribution < 1.29 is 19.2 Å². The monoisotopic (exact) mass is 940 g/mol. The zero-order chi connectivity index (χ0) is 46.5. The van der Waals surface area contributed by atoms with Crippen molar-refractivity contribution in [3.63, 3.8) is 0 Å². The standard InChI is InChI=1S/C56H50Cl2N6O4/c1-59-22-26-61(27-23-59)51(65)40-7-5-9-44(32-40)64-50-30-36(12-21-46(50)56(54(64)68)34-48(56)38-15-19-42(58)20-16-38)35-60-24-28-62(29-25-60)52(66)39-6-4-8-43(31-39)63-49-11-3-2-10-45(49)55(53(63)67)33-47(55)37-13-17-41(57)18-14-37/h2-21,30-32,47-48H,22-29,33-35H2,1H3. The van der Waals surface area contributed by atoms with E-state index >= 15 is 0 Å². The second kappa shape index (κ2) is 16.4. The molecule has 12 rings (SSSR count). The van der Waals surface area contributed by atoms with Crippen LogP contribution in [0.3, 0.4) is 0 Å². The van der Waals surface area contributed by atoms with Gasteiger partial charge in [0.25, 0.3) is 11.8 Å². The lowest BCUT2D eigenvalue weighted by atomic mass is 9.91. The smallest absolute Gasteiger partial charge is 0.254 e. The lowest BCUT2D eigenvalue weighted by Crippen LogP contribution is -2.48. The average molecular weight is 942 g/mol.